The summed E-state index contributed by atoms with van der Waals surface area (Å²) < 4.78 is 10.6. The number of halogens is 1. The van der Waals surface area contributed by atoms with E-state index in [-0.39, 0.29) is 0 Å². The highest BCUT2D eigenvalue weighted by Gasteiger charge is 2.13. The Labute approximate surface area is 196 Å². The van der Waals surface area contributed by atoms with Gasteiger partial charge in [-0.3, -0.25) is 5.32 Å². The quantitative estimate of drug-likeness (QED) is 0.229. The Hall–Kier alpha value is -2.53. The summed E-state index contributed by atoms with van der Waals surface area (Å²) in [4.78, 5) is 24.4. The van der Waals surface area contributed by atoms with Crippen LogP contribution < -0.4 is 10.1 Å². The van der Waals surface area contributed by atoms with Crippen LogP contribution in [0.1, 0.15) is 81.5 Å². The average Bonchev–Trinajstić information content (AvgIpc) is 2.79. The molecule has 1 N–H and O–H groups in total. The van der Waals surface area contributed by atoms with Crippen molar-refractivity contribution in [2.75, 3.05) is 11.9 Å². The maximum Gasteiger partial charge on any atom is 0.417 e. The minimum absolute atomic E-state index is 0.293. The van der Waals surface area contributed by atoms with Crippen molar-refractivity contribution in [3.63, 3.8) is 0 Å². The highest BCUT2D eigenvalue weighted by atomic mass is 35.5. The molecule has 0 aliphatic heterocycles. The average molecular weight is 460 g/mol. The lowest BCUT2D eigenvalue weighted by atomic mass is 10.1. The van der Waals surface area contributed by atoms with E-state index >= 15 is 0 Å². The normalized spacial score (nSPS) is 10.6. The molecule has 0 spiro atoms. The molecule has 174 valence electrons. The third-order valence-electron chi connectivity index (χ3n) is 5.12. The molecule has 0 aliphatic carbocycles. The Balaban J connectivity index is 1.67. The smallest absolute Gasteiger partial charge is 0.417 e. The van der Waals surface area contributed by atoms with Gasteiger partial charge in [0.25, 0.3) is 0 Å². The number of anilines is 1. The number of unbranched alkanes of at least 4 members (excludes halogenated alkanes) is 9. The van der Waals surface area contributed by atoms with Crippen LogP contribution in [0.2, 0.25) is 5.02 Å². The molecule has 0 atom stereocenters. The van der Waals surface area contributed by atoms with Crippen molar-refractivity contribution in [1.82, 2.24) is 0 Å². The SMILES string of the molecule is CCCCCCCCCCCCOC(=O)c1ccc(Cl)c(NC(=O)Oc2ccccc2)c1. The van der Waals surface area contributed by atoms with E-state index in [9.17, 15) is 9.59 Å². The second kappa shape index (κ2) is 15.3. The molecule has 2 aromatic carbocycles. The van der Waals surface area contributed by atoms with Crippen LogP contribution in [0.5, 0.6) is 5.75 Å². The van der Waals surface area contributed by atoms with Crippen LogP contribution in [-0.2, 0) is 4.74 Å². The first kappa shape index (κ1) is 25.7. The third kappa shape index (κ3) is 10.2. The lowest BCUT2D eigenvalue weighted by molar-refractivity contribution is 0.0497. The monoisotopic (exact) mass is 459 g/mol. The maximum absolute atomic E-state index is 12.3. The van der Waals surface area contributed by atoms with E-state index in [0.29, 0.717) is 28.6 Å². The number of esters is 1. The molecule has 0 heterocycles. The van der Waals surface area contributed by atoms with E-state index in [2.05, 4.69) is 12.2 Å². The fourth-order valence-electron chi connectivity index (χ4n) is 3.32. The second-order valence-corrected chi connectivity index (χ2v) is 8.25. The number of rotatable bonds is 14. The van der Waals surface area contributed by atoms with E-state index in [1.165, 1.54) is 57.4 Å². The van der Waals surface area contributed by atoms with Crippen LogP contribution in [0.3, 0.4) is 0 Å². The molecule has 5 nitrogen and oxygen atoms in total. The first-order valence-corrected chi connectivity index (χ1v) is 12.0. The van der Waals surface area contributed by atoms with E-state index < -0.39 is 12.1 Å². The van der Waals surface area contributed by atoms with Crippen LogP contribution in [0, 0.1) is 0 Å². The lowest BCUT2D eigenvalue weighted by Gasteiger charge is -2.10. The minimum Gasteiger partial charge on any atom is -0.462 e. The Morgan fingerprint density at radius 2 is 1.47 bits per heavy atom. The van der Waals surface area contributed by atoms with Gasteiger partial charge in [0.1, 0.15) is 5.75 Å². The summed E-state index contributed by atoms with van der Waals surface area (Å²) in [6.07, 6.45) is 11.6. The maximum atomic E-state index is 12.3. The van der Waals surface area contributed by atoms with Gasteiger partial charge in [0.2, 0.25) is 0 Å². The number of hydrogen-bond acceptors (Lipinski definition) is 4. The van der Waals surface area contributed by atoms with Crippen molar-refractivity contribution in [3.05, 3.63) is 59.1 Å². The predicted octanol–water partition coefficient (Wildman–Crippen LogP) is 8.03. The lowest BCUT2D eigenvalue weighted by Crippen LogP contribution is -2.17. The van der Waals surface area contributed by atoms with Gasteiger partial charge >= 0.3 is 12.1 Å². The number of amides is 1. The number of benzene rings is 2. The van der Waals surface area contributed by atoms with Crippen molar-refractivity contribution < 1.29 is 19.1 Å². The zero-order valence-electron chi connectivity index (χ0n) is 18.9. The van der Waals surface area contributed by atoms with Crippen LogP contribution in [0.25, 0.3) is 0 Å². The van der Waals surface area contributed by atoms with Crippen molar-refractivity contribution in [2.45, 2.75) is 71.1 Å². The first-order valence-electron chi connectivity index (χ1n) is 11.6. The van der Waals surface area contributed by atoms with E-state index in [0.717, 1.165) is 12.8 Å². The molecule has 0 radical (unpaired) electrons. The Morgan fingerprint density at radius 1 is 0.844 bits per heavy atom. The first-order chi connectivity index (χ1) is 15.6. The minimum atomic E-state index is -0.686. The molecule has 0 aromatic heterocycles. The number of carbonyl (C=O) groups excluding carboxylic acids is 2. The standard InChI is InChI=1S/C26H34ClNO4/c1-2-3-4-5-6-7-8-9-10-14-19-31-25(29)21-17-18-23(27)24(20-21)28-26(30)32-22-15-12-11-13-16-22/h11-13,15-18,20H,2-10,14,19H2,1H3,(H,28,30). The fourth-order valence-corrected chi connectivity index (χ4v) is 3.48. The van der Waals surface area contributed by atoms with Gasteiger partial charge in [-0.15, -0.1) is 0 Å². The molecule has 2 rings (SSSR count). The molecule has 0 saturated carbocycles. The summed E-state index contributed by atoms with van der Waals surface area (Å²) in [5.41, 5.74) is 0.623. The fraction of sp³-hybridized carbons (Fsp3) is 0.462. The largest absolute Gasteiger partial charge is 0.462 e. The van der Waals surface area contributed by atoms with Gasteiger partial charge in [-0.05, 0) is 36.8 Å². The number of carbonyl (C=O) groups is 2. The summed E-state index contributed by atoms with van der Waals surface area (Å²) in [6.45, 7) is 2.62. The summed E-state index contributed by atoms with van der Waals surface area (Å²) in [7, 11) is 0. The third-order valence-corrected chi connectivity index (χ3v) is 5.45. The summed E-state index contributed by atoms with van der Waals surface area (Å²) >= 11 is 6.15. The molecule has 0 bridgehead atoms. The second-order valence-electron chi connectivity index (χ2n) is 7.84. The highest BCUT2D eigenvalue weighted by molar-refractivity contribution is 6.33. The predicted molar refractivity (Wildman–Crippen MR) is 130 cm³/mol. The number of nitrogens with one attached hydrogen (secondary N) is 1. The molecule has 0 fully saturated rings. The topological polar surface area (TPSA) is 64.6 Å². The highest BCUT2D eigenvalue weighted by Crippen LogP contribution is 2.24. The molecular formula is C26H34ClNO4. The summed E-state index contributed by atoms with van der Waals surface area (Å²) in [5, 5.41) is 2.87. The zero-order valence-corrected chi connectivity index (χ0v) is 19.7. The molecule has 0 saturated heterocycles. The van der Waals surface area contributed by atoms with Crippen molar-refractivity contribution in [3.8, 4) is 5.75 Å². The van der Waals surface area contributed by atoms with Crippen LogP contribution in [-0.4, -0.2) is 18.7 Å². The number of para-hydroxylation sites is 1. The van der Waals surface area contributed by atoms with Gasteiger partial charge in [0.05, 0.1) is 22.9 Å². The summed E-state index contributed by atoms with van der Waals surface area (Å²) in [6, 6.07) is 13.3. The molecule has 0 aliphatic rings. The van der Waals surface area contributed by atoms with Gasteiger partial charge in [-0.25, -0.2) is 9.59 Å². The Kier molecular flexibility index (Phi) is 12.3. The van der Waals surface area contributed by atoms with Crippen LogP contribution >= 0.6 is 11.6 Å². The molecule has 32 heavy (non-hydrogen) atoms. The number of hydrogen-bond donors (Lipinski definition) is 1. The van der Waals surface area contributed by atoms with E-state index in [4.69, 9.17) is 21.1 Å². The van der Waals surface area contributed by atoms with E-state index in [1.54, 1.807) is 36.4 Å². The molecular weight excluding hydrogens is 426 g/mol. The van der Waals surface area contributed by atoms with Gasteiger partial charge in [-0.1, -0.05) is 94.5 Å². The van der Waals surface area contributed by atoms with E-state index in [1.807, 2.05) is 6.07 Å². The van der Waals surface area contributed by atoms with Crippen molar-refractivity contribution >= 4 is 29.4 Å². The molecule has 2 aromatic rings. The molecule has 0 unspecified atom stereocenters. The summed E-state index contributed by atoms with van der Waals surface area (Å²) in [5.74, 6) is -0.0229. The zero-order chi connectivity index (χ0) is 23.0. The van der Waals surface area contributed by atoms with Crippen molar-refractivity contribution in [1.29, 1.82) is 0 Å². The van der Waals surface area contributed by atoms with Gasteiger partial charge in [-0.2, -0.15) is 0 Å². The Bertz CT molecular complexity index is 826. The van der Waals surface area contributed by atoms with Crippen molar-refractivity contribution in [2.24, 2.45) is 0 Å². The van der Waals surface area contributed by atoms with Crippen LogP contribution in [0.4, 0.5) is 10.5 Å². The van der Waals surface area contributed by atoms with Gasteiger partial charge in [0.15, 0.2) is 0 Å². The molecule has 6 heteroatoms. The number of ether oxygens (including phenoxy) is 2. The molecule has 1 amide bonds. The van der Waals surface area contributed by atoms with Gasteiger partial charge < -0.3 is 9.47 Å². The van der Waals surface area contributed by atoms with Crippen LogP contribution in [0.15, 0.2) is 48.5 Å². The van der Waals surface area contributed by atoms with Gasteiger partial charge in [0, 0.05) is 0 Å². The Morgan fingerprint density at radius 3 is 2.12 bits per heavy atom.